The van der Waals surface area contributed by atoms with Gasteiger partial charge >= 0.3 is 29.8 Å². The molecule has 5 saturated carbocycles. The number of carbonyl (C=O) groups excluding carboxylic acids is 4. The number of hydrogen-bond donors (Lipinski definition) is 1. The molecule has 26 heteroatoms. The van der Waals surface area contributed by atoms with Crippen LogP contribution in [0.25, 0.3) is 25.1 Å². The second kappa shape index (κ2) is 34.3. The Morgan fingerprint density at radius 2 is 1.24 bits per heavy atom. The van der Waals surface area contributed by atoms with Crippen molar-refractivity contribution in [1.29, 1.82) is 0 Å². The summed E-state index contributed by atoms with van der Waals surface area (Å²) >= 11 is 0. The van der Waals surface area contributed by atoms with E-state index < -0.39 is 102 Å². The SMILES string of the molecule is CCC(C)(C)C(=O)OC1(C)CCCC1.CCC(C)(C)C(=O)OC12CC3CC(C1)CC(C(=O)OC(CS(=O)(=O)[O-])C(F)(F)F)(C3)C2.CCC(C)c1cccc(O)c1.CC[n+]1ccn(C(C)(C)CC)c1.O=C([O-])c1c(F)c(F)c(F)c(F)c1[N+](=O)[O-].c1ccc(-[s+]2c3ccccc3c3ccccc32)cc1. The molecule has 12 rings (SSSR count). The van der Waals surface area contributed by atoms with Crippen LogP contribution in [0.1, 0.15) is 202 Å². The van der Waals surface area contributed by atoms with E-state index in [0.29, 0.717) is 43.8 Å². The Morgan fingerprint density at radius 1 is 0.728 bits per heavy atom. The van der Waals surface area contributed by atoms with Gasteiger partial charge in [-0.15, -0.1) is 0 Å². The zero-order valence-corrected chi connectivity index (χ0v) is 62.4. The number of esters is 3. The number of carbonyl (C=O) groups is 4. The maximum atomic E-state index is 13.3. The highest BCUT2D eigenvalue weighted by atomic mass is 32.2. The topological polar surface area (TPSA) is 248 Å². The number of benzene rings is 5. The highest BCUT2D eigenvalue weighted by Gasteiger charge is 2.64. The molecule has 4 bridgehead atoms. The number of halogens is 7. The van der Waals surface area contributed by atoms with E-state index in [2.05, 4.69) is 160 Å². The number of thiophene rings is 1. The molecule has 0 aliphatic heterocycles. The number of carboxylic acid groups (broad SMARTS) is 1. The van der Waals surface area contributed by atoms with Gasteiger partial charge in [0.05, 0.1) is 49.6 Å². The molecule has 2 heterocycles. The number of nitro benzene ring substituents is 1. The van der Waals surface area contributed by atoms with Crippen LogP contribution in [0.5, 0.6) is 5.75 Å². The average Bonchev–Trinajstić information content (AvgIpc) is 1.45. The number of phenols is 1. The minimum absolute atomic E-state index is 0.00100. The lowest BCUT2D eigenvalue weighted by atomic mass is 9.48. The number of aromatic nitrogens is 2. The lowest BCUT2D eigenvalue weighted by Crippen LogP contribution is -2.61. The van der Waals surface area contributed by atoms with Crippen LogP contribution in [0, 0.1) is 61.5 Å². The number of fused-ring (bicyclic) bond motifs is 3. The Hall–Kier alpha value is -7.97. The van der Waals surface area contributed by atoms with Crippen LogP contribution in [-0.2, 0) is 50.8 Å². The van der Waals surface area contributed by atoms with E-state index in [-0.39, 0.29) is 51.3 Å². The number of aryl methyl sites for hydroxylation is 1. The highest BCUT2D eigenvalue weighted by molar-refractivity contribution is 7.85. The van der Waals surface area contributed by atoms with E-state index in [4.69, 9.17) is 14.6 Å². The molecule has 0 amide bonds. The fourth-order valence-electron chi connectivity index (χ4n) is 13.2. The first-order valence-electron chi connectivity index (χ1n) is 34.7. The first-order chi connectivity index (χ1) is 48.0. The van der Waals surface area contributed by atoms with Gasteiger partial charge in [-0.1, -0.05) is 89.2 Å². The lowest BCUT2D eigenvalue weighted by Gasteiger charge is -2.60. The number of hydrogen-bond acceptors (Lipinski definition) is 14. The maximum Gasteiger partial charge on any atom is 0.426 e. The summed E-state index contributed by atoms with van der Waals surface area (Å²) in [7, 11) is -5.21. The average molecular weight is 1480 g/mol. The molecule has 5 aliphatic carbocycles. The molecule has 2 aromatic heterocycles. The Labute approximate surface area is 601 Å². The van der Waals surface area contributed by atoms with Crippen LogP contribution in [0.3, 0.4) is 0 Å². The molecule has 1 N–H and O–H groups in total. The van der Waals surface area contributed by atoms with Crippen LogP contribution >= 0.6 is 10.5 Å². The molecule has 5 fully saturated rings. The van der Waals surface area contributed by atoms with Crippen LogP contribution in [0.2, 0.25) is 0 Å². The number of aromatic hydroxyl groups is 1. The third-order valence-electron chi connectivity index (χ3n) is 20.4. The van der Waals surface area contributed by atoms with E-state index >= 15 is 0 Å². The standard InChI is InChI=1S/C20H29F3O7S.C18H13S.C12H22O2.C10H19N2.C10H14O.C7HF4NO4/c1-4-17(2,3)15(24)30-19-8-12-5-13(9-19)7-18(6-12,11-19)16(25)29-14(20(21,22)23)10-31(26,27)28;1-2-8-14(9-3-1)19-17-12-6-4-10-15(17)16-11-5-7-13-18(16)19;1-5-11(2,3)10(13)14-12(4)8-6-7-9-12;1-5-10(3,4)12-8-7-11(6-2)9-12;1-3-8(2)9-5-4-6-10(11)7-9;8-2-1(7(13)14)6(12(15)16)5(11)4(10)3(2)9/h12-14H,4-11H2,1-3H3,(H,26,27,28);1-13H;5-9H2,1-4H3;7-9H,5-6H2,1-4H3;4-8,11H,3H2,1-2H3;(H,13,14)/q;+1;;+1;;/p-2. The first kappa shape index (κ1) is 84.0. The van der Waals surface area contributed by atoms with Gasteiger partial charge in [0.2, 0.25) is 24.1 Å². The van der Waals surface area contributed by atoms with Gasteiger partial charge in [-0.25, -0.2) is 30.7 Å². The van der Waals surface area contributed by atoms with Gasteiger partial charge in [0.25, 0.3) is 0 Å². The van der Waals surface area contributed by atoms with Crippen molar-refractivity contribution in [3.8, 4) is 10.6 Å². The van der Waals surface area contributed by atoms with Crippen molar-refractivity contribution in [3.63, 3.8) is 0 Å². The van der Waals surface area contributed by atoms with Crippen LogP contribution < -0.4 is 9.67 Å². The monoisotopic (exact) mass is 1480 g/mol. The number of carboxylic acids is 1. The number of alkyl halides is 3. The van der Waals surface area contributed by atoms with Crippen molar-refractivity contribution in [2.75, 3.05) is 5.75 Å². The Morgan fingerprint density at radius 3 is 1.70 bits per heavy atom. The van der Waals surface area contributed by atoms with Gasteiger partial charge in [-0.05, 0) is 211 Å². The first-order valence-corrected chi connectivity index (χ1v) is 37.5. The zero-order chi connectivity index (χ0) is 77.0. The second-order valence-electron chi connectivity index (χ2n) is 29.4. The second-order valence-corrected chi connectivity index (χ2v) is 32.8. The number of rotatable bonds is 18. The summed E-state index contributed by atoms with van der Waals surface area (Å²) in [6, 6.07) is 35.9. The number of ether oxygens (including phenoxy) is 3. The van der Waals surface area contributed by atoms with Gasteiger partial charge in [0, 0.05) is 27.7 Å². The zero-order valence-electron chi connectivity index (χ0n) is 60.7. The van der Waals surface area contributed by atoms with Crippen molar-refractivity contribution in [2.45, 2.75) is 221 Å². The molecule has 103 heavy (non-hydrogen) atoms. The van der Waals surface area contributed by atoms with Gasteiger partial charge < -0.3 is 33.8 Å². The molecular weight excluding hydrogens is 1390 g/mol. The van der Waals surface area contributed by atoms with Crippen LogP contribution in [0.4, 0.5) is 36.4 Å². The fraction of sp³-hybridized carbons (Fsp3) is 0.519. The number of nitrogens with zero attached hydrogens (tertiary/aromatic N) is 3. The van der Waals surface area contributed by atoms with E-state index in [1.165, 1.54) is 43.5 Å². The molecule has 7 aromatic rings. The van der Waals surface area contributed by atoms with Crippen molar-refractivity contribution in [2.24, 2.45) is 28.1 Å². The normalized spacial score (nSPS) is 19.4. The summed E-state index contributed by atoms with van der Waals surface area (Å²) in [6.45, 7) is 27.6. The Bertz CT molecular complexity index is 4110. The number of aromatic carboxylic acids is 1. The molecule has 0 radical (unpaired) electrons. The van der Waals surface area contributed by atoms with E-state index in [9.17, 15) is 78.1 Å². The largest absolute Gasteiger partial charge is 0.748 e. The van der Waals surface area contributed by atoms with E-state index in [1.807, 2.05) is 45.9 Å². The summed E-state index contributed by atoms with van der Waals surface area (Å²) in [5.41, 5.74) is -5.98. The summed E-state index contributed by atoms with van der Waals surface area (Å²) in [6.07, 6.45) is 8.84. The van der Waals surface area contributed by atoms with Gasteiger partial charge in [-0.2, -0.15) is 17.6 Å². The molecule has 5 aromatic carbocycles. The molecule has 17 nitrogen and oxygen atoms in total. The molecule has 0 spiro atoms. The van der Waals surface area contributed by atoms with Crippen molar-refractivity contribution < 1.29 is 96.8 Å². The van der Waals surface area contributed by atoms with Crippen LogP contribution in [0.15, 0.2) is 122 Å². The number of phenolic OH excluding ortho intramolecular Hbond substituents is 1. The predicted octanol–water partition coefficient (Wildman–Crippen LogP) is 17.7. The molecular formula is C77H96F7N3O14S2. The Kier molecular flexibility index (Phi) is 28.0. The quantitative estimate of drug-likeness (QED) is 0.00802. The highest BCUT2D eigenvalue weighted by Crippen LogP contribution is 2.64. The minimum Gasteiger partial charge on any atom is -0.748 e. The Balaban J connectivity index is 0.000000203. The van der Waals surface area contributed by atoms with Crippen molar-refractivity contribution in [1.82, 2.24) is 4.57 Å². The van der Waals surface area contributed by atoms with Gasteiger partial charge in [-0.3, -0.25) is 24.5 Å². The van der Waals surface area contributed by atoms with Crippen LogP contribution in [-0.4, -0.2) is 80.7 Å². The molecule has 4 atom stereocenters. The lowest BCUT2D eigenvalue weighted by molar-refractivity contribution is -0.693. The molecule has 564 valence electrons. The van der Waals surface area contributed by atoms with Gasteiger partial charge in [0.15, 0.2) is 25.9 Å². The smallest absolute Gasteiger partial charge is 0.426 e. The van der Waals surface area contributed by atoms with E-state index in [0.717, 1.165) is 45.1 Å². The molecule has 0 saturated heterocycles. The van der Waals surface area contributed by atoms with E-state index in [1.54, 1.807) is 19.9 Å². The summed E-state index contributed by atoms with van der Waals surface area (Å²) in [4.78, 5) is 57.7. The van der Waals surface area contributed by atoms with Gasteiger partial charge in [0.1, 0.15) is 40.4 Å². The summed E-state index contributed by atoms with van der Waals surface area (Å²) < 4.78 is 147. The summed E-state index contributed by atoms with van der Waals surface area (Å²) in [5.74, 6) is -14.8. The number of nitro groups is 1. The third kappa shape index (κ3) is 21.2. The third-order valence-corrected chi connectivity index (χ3v) is 23.4. The molecule has 4 unspecified atom stereocenters. The maximum absolute atomic E-state index is 13.3. The minimum atomic E-state index is -5.27. The predicted molar refractivity (Wildman–Crippen MR) is 377 cm³/mol. The van der Waals surface area contributed by atoms with Crippen molar-refractivity contribution >= 4 is 70.3 Å². The molecule has 5 aliphatic rings. The fourth-order valence-corrected chi connectivity index (χ4v) is 16.2. The summed E-state index contributed by atoms with van der Waals surface area (Å²) in [5, 5.41) is 32.4. The number of imidazole rings is 1. The van der Waals surface area contributed by atoms with Crippen molar-refractivity contribution in [3.05, 3.63) is 166 Å².